The molecule has 0 aliphatic carbocycles. The van der Waals surface area contributed by atoms with Crippen LogP contribution in [0.15, 0.2) is 12.1 Å². The van der Waals surface area contributed by atoms with Crippen LogP contribution in [-0.4, -0.2) is 22.1 Å². The number of carbonyl (C=O) groups is 1. The fourth-order valence-corrected chi connectivity index (χ4v) is 1.26. The molecule has 0 aromatic carbocycles. The number of rotatable bonds is 6. The molecule has 1 heterocycles. The van der Waals surface area contributed by atoms with E-state index in [9.17, 15) is 4.79 Å². The highest BCUT2D eigenvalue weighted by molar-refractivity contribution is 5.89. The molecule has 1 unspecified atom stereocenters. The molecule has 0 saturated heterocycles. The number of carbonyl (C=O) groups excluding carboxylic acids is 1. The highest BCUT2D eigenvalue weighted by Crippen LogP contribution is 2.08. The SMILES string of the molecule is CCCC(=O)Nc1ccc(NC(C)CC)nn1. The lowest BCUT2D eigenvalue weighted by atomic mass is 10.2. The van der Waals surface area contributed by atoms with Gasteiger partial charge in [-0.15, -0.1) is 10.2 Å². The van der Waals surface area contributed by atoms with Crippen molar-refractivity contribution >= 4 is 17.5 Å². The highest BCUT2D eigenvalue weighted by Gasteiger charge is 2.04. The van der Waals surface area contributed by atoms with Gasteiger partial charge in [-0.25, -0.2) is 0 Å². The smallest absolute Gasteiger partial charge is 0.225 e. The van der Waals surface area contributed by atoms with E-state index in [-0.39, 0.29) is 5.91 Å². The lowest BCUT2D eigenvalue weighted by Gasteiger charge is -2.11. The predicted octanol–water partition coefficient (Wildman–Crippen LogP) is 2.43. The number of amides is 1. The summed E-state index contributed by atoms with van der Waals surface area (Å²) >= 11 is 0. The normalized spacial score (nSPS) is 11.9. The van der Waals surface area contributed by atoms with Crippen LogP contribution in [0.5, 0.6) is 0 Å². The van der Waals surface area contributed by atoms with Gasteiger partial charge >= 0.3 is 0 Å². The molecule has 5 heteroatoms. The molecule has 0 radical (unpaired) electrons. The van der Waals surface area contributed by atoms with E-state index in [1.54, 1.807) is 6.07 Å². The molecule has 94 valence electrons. The number of anilines is 2. The molecule has 0 bridgehead atoms. The summed E-state index contributed by atoms with van der Waals surface area (Å²) in [5.74, 6) is 1.20. The van der Waals surface area contributed by atoms with Gasteiger partial charge in [-0.05, 0) is 31.9 Å². The van der Waals surface area contributed by atoms with E-state index >= 15 is 0 Å². The molecule has 0 spiro atoms. The van der Waals surface area contributed by atoms with E-state index in [0.29, 0.717) is 18.3 Å². The molecule has 0 fully saturated rings. The molecule has 0 aliphatic heterocycles. The summed E-state index contributed by atoms with van der Waals surface area (Å²) in [4.78, 5) is 11.3. The molecule has 1 rings (SSSR count). The summed E-state index contributed by atoms with van der Waals surface area (Å²) in [6.45, 7) is 6.15. The first-order valence-corrected chi connectivity index (χ1v) is 6.05. The summed E-state index contributed by atoms with van der Waals surface area (Å²) in [6.07, 6.45) is 2.36. The first-order chi connectivity index (χ1) is 8.15. The topological polar surface area (TPSA) is 66.9 Å². The van der Waals surface area contributed by atoms with Crippen molar-refractivity contribution in [2.45, 2.75) is 46.1 Å². The van der Waals surface area contributed by atoms with Crippen molar-refractivity contribution in [2.24, 2.45) is 0 Å². The molecule has 1 aromatic heterocycles. The minimum absolute atomic E-state index is 0.0237. The lowest BCUT2D eigenvalue weighted by Crippen LogP contribution is -2.16. The number of hydrogen-bond acceptors (Lipinski definition) is 4. The Labute approximate surface area is 102 Å². The Morgan fingerprint density at radius 2 is 1.94 bits per heavy atom. The summed E-state index contributed by atoms with van der Waals surface area (Å²) in [5.41, 5.74) is 0. The average Bonchev–Trinajstić information content (AvgIpc) is 2.32. The first-order valence-electron chi connectivity index (χ1n) is 6.05. The fraction of sp³-hybridized carbons (Fsp3) is 0.583. The lowest BCUT2D eigenvalue weighted by molar-refractivity contribution is -0.116. The second kappa shape index (κ2) is 6.83. The van der Waals surface area contributed by atoms with Crippen molar-refractivity contribution in [3.63, 3.8) is 0 Å². The Balaban J connectivity index is 2.52. The molecular weight excluding hydrogens is 216 g/mol. The second-order valence-electron chi connectivity index (χ2n) is 4.06. The maximum Gasteiger partial charge on any atom is 0.225 e. The molecule has 0 aliphatic rings. The predicted molar refractivity (Wildman–Crippen MR) is 68.9 cm³/mol. The van der Waals surface area contributed by atoms with Gasteiger partial charge in [-0.1, -0.05) is 13.8 Å². The van der Waals surface area contributed by atoms with Crippen LogP contribution < -0.4 is 10.6 Å². The van der Waals surface area contributed by atoms with E-state index in [2.05, 4.69) is 34.7 Å². The van der Waals surface area contributed by atoms with Gasteiger partial charge in [0.25, 0.3) is 0 Å². The summed E-state index contributed by atoms with van der Waals surface area (Å²) < 4.78 is 0. The maximum absolute atomic E-state index is 11.3. The molecule has 1 atom stereocenters. The van der Waals surface area contributed by atoms with Crippen molar-refractivity contribution in [1.29, 1.82) is 0 Å². The Bertz CT molecular complexity index is 350. The second-order valence-corrected chi connectivity index (χ2v) is 4.06. The van der Waals surface area contributed by atoms with Gasteiger partial charge in [0, 0.05) is 12.5 Å². The Morgan fingerprint density at radius 1 is 1.29 bits per heavy atom. The maximum atomic E-state index is 11.3. The van der Waals surface area contributed by atoms with E-state index in [1.807, 2.05) is 13.0 Å². The minimum Gasteiger partial charge on any atom is -0.366 e. The Kier molecular flexibility index (Phi) is 5.39. The molecule has 1 amide bonds. The molecule has 2 N–H and O–H groups in total. The van der Waals surface area contributed by atoms with Gasteiger partial charge in [0.05, 0.1) is 0 Å². The molecule has 0 saturated carbocycles. The zero-order valence-electron chi connectivity index (χ0n) is 10.7. The van der Waals surface area contributed by atoms with Gasteiger partial charge < -0.3 is 10.6 Å². The van der Waals surface area contributed by atoms with E-state index in [4.69, 9.17) is 0 Å². The van der Waals surface area contributed by atoms with Crippen LogP contribution in [0.1, 0.15) is 40.0 Å². The van der Waals surface area contributed by atoms with Gasteiger partial charge in [0.2, 0.25) is 5.91 Å². The Hall–Kier alpha value is -1.65. The van der Waals surface area contributed by atoms with E-state index in [1.165, 1.54) is 0 Å². The molecular formula is C12H20N4O. The van der Waals surface area contributed by atoms with Gasteiger partial charge in [0.1, 0.15) is 5.82 Å². The summed E-state index contributed by atoms with van der Waals surface area (Å²) in [6, 6.07) is 3.94. The van der Waals surface area contributed by atoms with Crippen LogP contribution in [0.3, 0.4) is 0 Å². The number of aromatic nitrogens is 2. The van der Waals surface area contributed by atoms with Crippen molar-refractivity contribution < 1.29 is 4.79 Å². The monoisotopic (exact) mass is 236 g/mol. The third-order valence-electron chi connectivity index (χ3n) is 2.42. The van der Waals surface area contributed by atoms with Crippen molar-refractivity contribution in [3.8, 4) is 0 Å². The third kappa shape index (κ3) is 4.80. The number of nitrogens with zero attached hydrogens (tertiary/aromatic N) is 2. The fourth-order valence-electron chi connectivity index (χ4n) is 1.26. The summed E-state index contributed by atoms with van der Waals surface area (Å²) in [5, 5.41) is 13.9. The third-order valence-corrected chi connectivity index (χ3v) is 2.42. The minimum atomic E-state index is -0.0237. The van der Waals surface area contributed by atoms with Crippen LogP contribution >= 0.6 is 0 Å². The van der Waals surface area contributed by atoms with Crippen LogP contribution in [0, 0.1) is 0 Å². The van der Waals surface area contributed by atoms with Crippen molar-refractivity contribution in [1.82, 2.24) is 10.2 Å². The molecule has 5 nitrogen and oxygen atoms in total. The highest BCUT2D eigenvalue weighted by atomic mass is 16.1. The van der Waals surface area contributed by atoms with Gasteiger partial charge in [-0.3, -0.25) is 4.79 Å². The standard InChI is InChI=1S/C12H20N4O/c1-4-6-12(17)14-11-8-7-10(15-16-11)13-9(3)5-2/h7-9H,4-6H2,1-3H3,(H,13,15)(H,14,16,17). The average molecular weight is 236 g/mol. The van der Waals surface area contributed by atoms with E-state index < -0.39 is 0 Å². The zero-order valence-corrected chi connectivity index (χ0v) is 10.7. The molecule has 17 heavy (non-hydrogen) atoms. The Morgan fingerprint density at radius 3 is 2.47 bits per heavy atom. The van der Waals surface area contributed by atoms with Gasteiger partial charge in [-0.2, -0.15) is 0 Å². The van der Waals surface area contributed by atoms with Crippen LogP contribution in [0.25, 0.3) is 0 Å². The van der Waals surface area contributed by atoms with E-state index in [0.717, 1.165) is 18.7 Å². The number of hydrogen-bond donors (Lipinski definition) is 2. The number of nitrogens with one attached hydrogen (secondary N) is 2. The van der Waals surface area contributed by atoms with Gasteiger partial charge in [0.15, 0.2) is 5.82 Å². The van der Waals surface area contributed by atoms with Crippen LogP contribution in [0.4, 0.5) is 11.6 Å². The molecule has 1 aromatic rings. The quantitative estimate of drug-likeness (QED) is 0.796. The van der Waals surface area contributed by atoms with Crippen LogP contribution in [0.2, 0.25) is 0 Å². The summed E-state index contributed by atoms with van der Waals surface area (Å²) in [7, 11) is 0. The van der Waals surface area contributed by atoms with Crippen LogP contribution in [-0.2, 0) is 4.79 Å². The zero-order chi connectivity index (χ0) is 12.7. The van der Waals surface area contributed by atoms with Crippen molar-refractivity contribution in [3.05, 3.63) is 12.1 Å². The largest absolute Gasteiger partial charge is 0.366 e. The first kappa shape index (κ1) is 13.4. The van der Waals surface area contributed by atoms with Crippen molar-refractivity contribution in [2.75, 3.05) is 10.6 Å².